The molecule has 2 rings (SSSR count). The number of pyridine rings is 1. The number of nitrogens with zero attached hydrogens (tertiary/aromatic N) is 3. The number of hydrogen-bond donors (Lipinski definition) is 4. The molecule has 0 aliphatic carbocycles. The third kappa shape index (κ3) is 6.81. The number of carbonyl (C=O) groups excluding carboxylic acids is 1. The van der Waals surface area contributed by atoms with Crippen molar-refractivity contribution >= 4 is 44.9 Å². The molecule has 0 fully saturated rings. The van der Waals surface area contributed by atoms with E-state index >= 15 is 0 Å². The highest BCUT2D eigenvalue weighted by molar-refractivity contribution is 7.92. The zero-order valence-electron chi connectivity index (χ0n) is 17.1. The fraction of sp³-hybridized carbons (Fsp3) is 0.235. The highest BCUT2D eigenvalue weighted by Crippen LogP contribution is 2.27. The van der Waals surface area contributed by atoms with Crippen LogP contribution in [-0.4, -0.2) is 42.9 Å². The maximum atomic E-state index is 12.8. The van der Waals surface area contributed by atoms with E-state index < -0.39 is 43.5 Å². The number of sulfonamides is 1. The number of halogens is 1. The van der Waals surface area contributed by atoms with Crippen molar-refractivity contribution in [3.63, 3.8) is 0 Å². The quantitative estimate of drug-likeness (QED) is 0.112. The standard InChI is InChI=1S/C17H20ClN7O7S/c1-10-2-5-13(16(27)24(10)9-15(26)21-6-7-32-22-17(19)20)23-33(30,31)11-3-4-12(18)14(8-11)25(28)29/h2-5,8,23H,6-7,9H2,1H3,(H,21,26)(H4,19,20,22). The Balaban J connectivity index is 2.20. The zero-order chi connectivity index (χ0) is 24.8. The van der Waals surface area contributed by atoms with Gasteiger partial charge in [0.25, 0.3) is 21.3 Å². The molecule has 0 spiro atoms. The molecule has 1 aromatic heterocycles. The van der Waals surface area contributed by atoms with Gasteiger partial charge in [-0.05, 0) is 36.3 Å². The highest BCUT2D eigenvalue weighted by atomic mass is 35.5. The van der Waals surface area contributed by atoms with E-state index in [9.17, 15) is 28.1 Å². The van der Waals surface area contributed by atoms with Crippen molar-refractivity contribution in [3.05, 3.63) is 61.5 Å². The van der Waals surface area contributed by atoms with E-state index in [4.69, 9.17) is 27.9 Å². The molecule has 14 nitrogen and oxygen atoms in total. The van der Waals surface area contributed by atoms with Crippen molar-refractivity contribution in [2.45, 2.75) is 18.4 Å². The van der Waals surface area contributed by atoms with Crippen molar-refractivity contribution < 1.29 is 23.0 Å². The van der Waals surface area contributed by atoms with Gasteiger partial charge in [-0.1, -0.05) is 11.6 Å². The lowest BCUT2D eigenvalue weighted by atomic mass is 10.3. The Morgan fingerprint density at radius 1 is 1.30 bits per heavy atom. The molecule has 0 radical (unpaired) electrons. The van der Waals surface area contributed by atoms with Crippen molar-refractivity contribution in [2.75, 3.05) is 17.9 Å². The summed E-state index contributed by atoms with van der Waals surface area (Å²) in [5.74, 6) is -0.835. The Hall–Kier alpha value is -3.85. The lowest BCUT2D eigenvalue weighted by Crippen LogP contribution is -2.36. The normalized spacial score (nSPS) is 10.8. The summed E-state index contributed by atoms with van der Waals surface area (Å²) in [7, 11) is -4.37. The molecule has 0 aliphatic heterocycles. The third-order valence-corrected chi connectivity index (χ3v) is 5.73. The molecule has 0 aliphatic rings. The largest absolute Gasteiger partial charge is 0.391 e. The van der Waals surface area contributed by atoms with E-state index in [0.717, 1.165) is 22.8 Å². The van der Waals surface area contributed by atoms with E-state index in [1.165, 1.54) is 12.1 Å². The van der Waals surface area contributed by atoms with E-state index in [1.807, 2.05) is 0 Å². The van der Waals surface area contributed by atoms with Crippen LogP contribution in [0, 0.1) is 17.0 Å². The Labute approximate surface area is 192 Å². The fourth-order valence-corrected chi connectivity index (χ4v) is 3.77. The Kier molecular flexibility index (Phi) is 8.20. The second-order valence-electron chi connectivity index (χ2n) is 6.45. The molecule has 1 heterocycles. The van der Waals surface area contributed by atoms with Gasteiger partial charge in [0.05, 0.1) is 16.4 Å². The van der Waals surface area contributed by atoms with Gasteiger partial charge in [0, 0.05) is 11.8 Å². The summed E-state index contributed by atoms with van der Waals surface area (Å²) in [5, 5.41) is 16.6. The smallest absolute Gasteiger partial charge is 0.289 e. The minimum atomic E-state index is -4.37. The van der Waals surface area contributed by atoms with Gasteiger partial charge in [-0.25, -0.2) is 8.42 Å². The topological polar surface area (TPSA) is 214 Å². The molecule has 0 bridgehead atoms. The number of benzene rings is 1. The molecule has 6 N–H and O–H groups in total. The van der Waals surface area contributed by atoms with E-state index in [1.54, 1.807) is 6.92 Å². The van der Waals surface area contributed by atoms with Crippen molar-refractivity contribution in [1.29, 1.82) is 0 Å². The fourth-order valence-electron chi connectivity index (χ4n) is 2.50. The van der Waals surface area contributed by atoms with Crippen LogP contribution in [-0.2, 0) is 26.2 Å². The van der Waals surface area contributed by atoms with E-state index in [-0.39, 0.29) is 29.8 Å². The van der Waals surface area contributed by atoms with Crippen LogP contribution in [0.25, 0.3) is 0 Å². The number of amides is 1. The number of nitrogens with one attached hydrogen (secondary N) is 2. The summed E-state index contributed by atoms with van der Waals surface area (Å²) >= 11 is 5.71. The molecule has 0 saturated heterocycles. The molecular formula is C17H20ClN7O7S. The number of nitrogens with two attached hydrogens (primary N) is 2. The second kappa shape index (κ2) is 10.6. The number of guanidine groups is 1. The predicted molar refractivity (Wildman–Crippen MR) is 119 cm³/mol. The first-order chi connectivity index (χ1) is 15.4. The molecular weight excluding hydrogens is 482 g/mol. The van der Waals surface area contributed by atoms with Crippen LogP contribution in [0.4, 0.5) is 11.4 Å². The molecule has 0 atom stereocenters. The molecule has 1 aromatic carbocycles. The number of anilines is 1. The molecule has 0 unspecified atom stereocenters. The van der Waals surface area contributed by atoms with E-state index in [2.05, 4.69) is 15.2 Å². The molecule has 0 saturated carbocycles. The van der Waals surface area contributed by atoms with Gasteiger partial charge in [0.2, 0.25) is 11.9 Å². The van der Waals surface area contributed by atoms with Gasteiger partial charge in [0.15, 0.2) is 0 Å². The molecule has 2 aromatic rings. The maximum absolute atomic E-state index is 12.8. The van der Waals surface area contributed by atoms with Crippen LogP contribution in [0.1, 0.15) is 5.69 Å². The Morgan fingerprint density at radius 2 is 2.00 bits per heavy atom. The van der Waals surface area contributed by atoms with Crippen molar-refractivity contribution in [2.24, 2.45) is 16.6 Å². The summed E-state index contributed by atoms with van der Waals surface area (Å²) in [5.41, 5.74) is 8.79. The summed E-state index contributed by atoms with van der Waals surface area (Å²) in [6.07, 6.45) is 0. The first-order valence-corrected chi connectivity index (χ1v) is 10.9. The average molecular weight is 502 g/mol. The molecule has 178 valence electrons. The van der Waals surface area contributed by atoms with Crippen LogP contribution in [0.3, 0.4) is 0 Å². The van der Waals surface area contributed by atoms with Crippen LogP contribution in [0.15, 0.2) is 45.2 Å². The van der Waals surface area contributed by atoms with Gasteiger partial charge in [-0.2, -0.15) is 0 Å². The van der Waals surface area contributed by atoms with Crippen LogP contribution < -0.4 is 27.1 Å². The summed E-state index contributed by atoms with van der Waals surface area (Å²) in [6.45, 7) is 1.17. The zero-order valence-corrected chi connectivity index (χ0v) is 18.7. The summed E-state index contributed by atoms with van der Waals surface area (Å²) in [6, 6.07) is 5.54. The van der Waals surface area contributed by atoms with Gasteiger partial charge >= 0.3 is 0 Å². The lowest BCUT2D eigenvalue weighted by Gasteiger charge is -2.13. The predicted octanol–water partition coefficient (Wildman–Crippen LogP) is -0.160. The average Bonchev–Trinajstić information content (AvgIpc) is 2.72. The summed E-state index contributed by atoms with van der Waals surface area (Å²) < 4.78 is 28.5. The number of nitro groups is 1. The van der Waals surface area contributed by atoms with Gasteiger partial charge in [-0.3, -0.25) is 24.4 Å². The van der Waals surface area contributed by atoms with Gasteiger partial charge in [0.1, 0.15) is 23.9 Å². The van der Waals surface area contributed by atoms with Crippen LogP contribution in [0.2, 0.25) is 5.02 Å². The highest BCUT2D eigenvalue weighted by Gasteiger charge is 2.22. The number of oxime groups is 1. The van der Waals surface area contributed by atoms with Gasteiger partial charge < -0.3 is 26.2 Å². The van der Waals surface area contributed by atoms with Crippen LogP contribution >= 0.6 is 11.6 Å². The first-order valence-electron chi connectivity index (χ1n) is 9.07. The number of carbonyl (C=O) groups is 1. The monoisotopic (exact) mass is 501 g/mol. The van der Waals surface area contributed by atoms with Crippen LogP contribution in [0.5, 0.6) is 0 Å². The molecule has 1 amide bonds. The van der Waals surface area contributed by atoms with E-state index in [0.29, 0.717) is 5.69 Å². The molecule has 33 heavy (non-hydrogen) atoms. The molecule has 16 heteroatoms. The lowest BCUT2D eigenvalue weighted by molar-refractivity contribution is -0.384. The van der Waals surface area contributed by atoms with Gasteiger partial charge in [-0.15, -0.1) is 0 Å². The number of aryl methyl sites for hydroxylation is 1. The number of nitro benzene ring substituents is 1. The first kappa shape index (κ1) is 25.4. The number of hydrogen-bond acceptors (Lipinski definition) is 8. The van der Waals surface area contributed by atoms with Crippen molar-refractivity contribution in [3.8, 4) is 0 Å². The minimum absolute atomic E-state index is 0.0232. The third-order valence-electron chi connectivity index (χ3n) is 4.05. The summed E-state index contributed by atoms with van der Waals surface area (Å²) in [4.78, 5) is 39.4. The Bertz CT molecular complexity index is 1260. The number of rotatable bonds is 10. The minimum Gasteiger partial charge on any atom is -0.391 e. The second-order valence-corrected chi connectivity index (χ2v) is 8.54. The maximum Gasteiger partial charge on any atom is 0.289 e. The van der Waals surface area contributed by atoms with Crippen molar-refractivity contribution in [1.82, 2.24) is 9.88 Å². The SMILES string of the molecule is Cc1ccc(NS(=O)(=O)c2ccc(Cl)c([N+](=O)[O-])c2)c(=O)n1CC(=O)NCCON=C(N)N. The Morgan fingerprint density at radius 3 is 2.64 bits per heavy atom. The number of aromatic nitrogens is 1.